The minimum absolute atomic E-state index is 0.0447. The van der Waals surface area contributed by atoms with E-state index in [9.17, 15) is 0 Å². The third-order valence-electron chi connectivity index (χ3n) is 2.77. The van der Waals surface area contributed by atoms with Crippen LogP contribution in [0.15, 0.2) is 34.9 Å². The highest BCUT2D eigenvalue weighted by Crippen LogP contribution is 2.21. The van der Waals surface area contributed by atoms with Crippen LogP contribution in [0.3, 0.4) is 0 Å². The average molecular weight is 243 g/mol. The number of aryl methyl sites for hydroxylation is 1. The third-order valence-corrected chi connectivity index (χ3v) is 2.77. The summed E-state index contributed by atoms with van der Waals surface area (Å²) in [6.45, 7) is 1.94. The molecule has 5 heteroatoms. The number of aliphatic hydroxyl groups is 1. The van der Waals surface area contributed by atoms with Crippen molar-refractivity contribution in [3.05, 3.63) is 42.0 Å². The van der Waals surface area contributed by atoms with Crippen LogP contribution in [0.5, 0.6) is 0 Å². The van der Waals surface area contributed by atoms with Gasteiger partial charge in [-0.05, 0) is 25.1 Å². The molecule has 0 saturated carbocycles. The van der Waals surface area contributed by atoms with E-state index < -0.39 is 0 Å². The summed E-state index contributed by atoms with van der Waals surface area (Å²) < 4.78 is 7.47. The van der Waals surface area contributed by atoms with Gasteiger partial charge in [0.05, 0.1) is 6.61 Å². The van der Waals surface area contributed by atoms with Crippen LogP contribution < -0.4 is 0 Å². The lowest BCUT2D eigenvalue weighted by atomic mass is 10.4. The largest absolute Gasteiger partial charge is 0.445 e. The highest BCUT2D eigenvalue weighted by molar-refractivity contribution is 5.73. The number of rotatable bonds is 3. The van der Waals surface area contributed by atoms with Crippen molar-refractivity contribution in [3.63, 3.8) is 0 Å². The molecule has 5 nitrogen and oxygen atoms in total. The van der Waals surface area contributed by atoms with Crippen LogP contribution in [0.4, 0.5) is 0 Å². The van der Waals surface area contributed by atoms with Gasteiger partial charge in [-0.1, -0.05) is 0 Å². The highest BCUT2D eigenvalue weighted by Gasteiger charge is 2.14. The standard InChI is InChI=1S/C13H13N3O2/c1-9-4-5-12(18-9)16-11(6-8-17)15-10-3-2-7-14-13(10)16/h2-5,7,17H,6,8H2,1H3. The fourth-order valence-corrected chi connectivity index (χ4v) is 2.00. The van der Waals surface area contributed by atoms with E-state index in [4.69, 9.17) is 9.52 Å². The lowest BCUT2D eigenvalue weighted by Crippen LogP contribution is -2.03. The first kappa shape index (κ1) is 11.0. The lowest BCUT2D eigenvalue weighted by Gasteiger charge is -2.03. The van der Waals surface area contributed by atoms with Gasteiger partial charge in [0.25, 0.3) is 0 Å². The average Bonchev–Trinajstić information content (AvgIpc) is 2.92. The SMILES string of the molecule is Cc1ccc(-n2c(CCO)nc3cccnc32)o1. The molecule has 0 bridgehead atoms. The first-order valence-electron chi connectivity index (χ1n) is 5.79. The molecule has 0 aliphatic carbocycles. The van der Waals surface area contributed by atoms with Gasteiger partial charge in [-0.2, -0.15) is 0 Å². The Morgan fingerprint density at radius 2 is 2.22 bits per heavy atom. The maximum absolute atomic E-state index is 9.12. The molecule has 0 amide bonds. The van der Waals surface area contributed by atoms with Gasteiger partial charge in [0.15, 0.2) is 5.65 Å². The minimum atomic E-state index is 0.0447. The van der Waals surface area contributed by atoms with Gasteiger partial charge >= 0.3 is 0 Å². The smallest absolute Gasteiger partial charge is 0.206 e. The molecule has 18 heavy (non-hydrogen) atoms. The molecule has 0 aliphatic heterocycles. The van der Waals surface area contributed by atoms with Crippen molar-refractivity contribution >= 4 is 11.2 Å². The Morgan fingerprint density at radius 3 is 2.94 bits per heavy atom. The summed E-state index contributed by atoms with van der Waals surface area (Å²) in [5.74, 6) is 2.26. The summed E-state index contributed by atoms with van der Waals surface area (Å²) in [5, 5.41) is 9.12. The molecular formula is C13H13N3O2. The van der Waals surface area contributed by atoms with E-state index in [2.05, 4.69) is 9.97 Å². The molecular weight excluding hydrogens is 230 g/mol. The number of aliphatic hydroxyl groups excluding tert-OH is 1. The number of aromatic nitrogens is 3. The summed E-state index contributed by atoms with van der Waals surface area (Å²) in [6.07, 6.45) is 2.19. The zero-order valence-corrected chi connectivity index (χ0v) is 10.00. The Kier molecular flexibility index (Phi) is 2.60. The van der Waals surface area contributed by atoms with Crippen molar-refractivity contribution in [1.82, 2.24) is 14.5 Å². The van der Waals surface area contributed by atoms with E-state index in [0.717, 1.165) is 22.7 Å². The first-order chi connectivity index (χ1) is 8.79. The first-order valence-corrected chi connectivity index (χ1v) is 5.79. The van der Waals surface area contributed by atoms with Crippen LogP contribution in [0.2, 0.25) is 0 Å². The number of furan rings is 1. The van der Waals surface area contributed by atoms with E-state index >= 15 is 0 Å². The molecule has 1 N–H and O–H groups in total. The van der Waals surface area contributed by atoms with Crippen molar-refractivity contribution in [2.45, 2.75) is 13.3 Å². The van der Waals surface area contributed by atoms with Crippen molar-refractivity contribution in [2.75, 3.05) is 6.61 Å². The van der Waals surface area contributed by atoms with Crippen molar-refractivity contribution in [3.8, 4) is 5.88 Å². The molecule has 0 unspecified atom stereocenters. The predicted octanol–water partition coefficient (Wildman–Crippen LogP) is 1.86. The second kappa shape index (κ2) is 4.27. The summed E-state index contributed by atoms with van der Waals surface area (Å²) in [4.78, 5) is 8.80. The van der Waals surface area contributed by atoms with E-state index in [1.54, 1.807) is 6.20 Å². The monoisotopic (exact) mass is 243 g/mol. The van der Waals surface area contributed by atoms with Gasteiger partial charge in [-0.3, -0.25) is 0 Å². The Morgan fingerprint density at radius 1 is 1.33 bits per heavy atom. The van der Waals surface area contributed by atoms with Gasteiger partial charge in [-0.15, -0.1) is 0 Å². The molecule has 0 aromatic carbocycles. The number of nitrogens with zero attached hydrogens (tertiary/aromatic N) is 3. The Hall–Kier alpha value is -2.14. The lowest BCUT2D eigenvalue weighted by molar-refractivity contribution is 0.295. The predicted molar refractivity (Wildman–Crippen MR) is 66.7 cm³/mol. The maximum atomic E-state index is 9.12. The van der Waals surface area contributed by atoms with Crippen LogP contribution in [0.1, 0.15) is 11.6 Å². The van der Waals surface area contributed by atoms with Crippen LogP contribution in [0, 0.1) is 6.92 Å². The molecule has 0 spiro atoms. The summed E-state index contributed by atoms with van der Waals surface area (Å²) in [7, 11) is 0. The second-order valence-corrected chi connectivity index (χ2v) is 4.07. The molecule has 3 rings (SSSR count). The molecule has 0 atom stereocenters. The maximum Gasteiger partial charge on any atom is 0.206 e. The van der Waals surface area contributed by atoms with Gasteiger partial charge in [-0.25, -0.2) is 14.5 Å². The van der Waals surface area contributed by atoms with Crippen molar-refractivity contribution in [1.29, 1.82) is 0 Å². The molecule has 0 fully saturated rings. The van der Waals surface area contributed by atoms with Crippen LogP contribution in [-0.4, -0.2) is 26.2 Å². The van der Waals surface area contributed by atoms with Crippen LogP contribution in [0.25, 0.3) is 17.0 Å². The van der Waals surface area contributed by atoms with Crippen LogP contribution in [-0.2, 0) is 6.42 Å². The Labute approximate surface area is 104 Å². The summed E-state index contributed by atoms with van der Waals surface area (Å²) >= 11 is 0. The third kappa shape index (κ3) is 1.69. The second-order valence-electron chi connectivity index (χ2n) is 4.07. The number of fused-ring (bicyclic) bond motifs is 1. The summed E-state index contributed by atoms with van der Waals surface area (Å²) in [5.41, 5.74) is 1.55. The fourth-order valence-electron chi connectivity index (χ4n) is 2.00. The van der Waals surface area contributed by atoms with E-state index in [1.165, 1.54) is 0 Å². The quantitative estimate of drug-likeness (QED) is 0.762. The van der Waals surface area contributed by atoms with Crippen LogP contribution >= 0.6 is 0 Å². The highest BCUT2D eigenvalue weighted by atomic mass is 16.4. The molecule has 0 saturated heterocycles. The van der Waals surface area contributed by atoms with E-state index in [-0.39, 0.29) is 6.61 Å². The number of hydrogen-bond acceptors (Lipinski definition) is 4. The number of imidazole rings is 1. The summed E-state index contributed by atoms with van der Waals surface area (Å²) in [6, 6.07) is 7.52. The number of hydrogen-bond donors (Lipinski definition) is 1. The molecule has 0 aliphatic rings. The van der Waals surface area contributed by atoms with E-state index in [1.807, 2.05) is 35.8 Å². The number of pyridine rings is 1. The normalized spacial score (nSPS) is 11.2. The molecule has 92 valence electrons. The van der Waals surface area contributed by atoms with E-state index in [0.29, 0.717) is 12.3 Å². The molecule has 0 radical (unpaired) electrons. The van der Waals surface area contributed by atoms with Crippen molar-refractivity contribution in [2.24, 2.45) is 0 Å². The van der Waals surface area contributed by atoms with Gasteiger partial charge in [0, 0.05) is 18.7 Å². The topological polar surface area (TPSA) is 64.1 Å². The molecule has 3 heterocycles. The Balaban J connectivity index is 2.27. The fraction of sp³-hybridized carbons (Fsp3) is 0.231. The van der Waals surface area contributed by atoms with Crippen molar-refractivity contribution < 1.29 is 9.52 Å². The van der Waals surface area contributed by atoms with Gasteiger partial charge in [0.1, 0.15) is 17.1 Å². The zero-order valence-electron chi connectivity index (χ0n) is 10.00. The zero-order chi connectivity index (χ0) is 12.5. The van der Waals surface area contributed by atoms with Gasteiger partial charge < -0.3 is 9.52 Å². The minimum Gasteiger partial charge on any atom is -0.445 e. The Bertz CT molecular complexity index is 684. The molecule has 3 aromatic rings. The molecule has 3 aromatic heterocycles. The van der Waals surface area contributed by atoms with Gasteiger partial charge in [0.2, 0.25) is 5.88 Å².